The highest BCUT2D eigenvalue weighted by Gasteiger charge is 2.07. The van der Waals surface area contributed by atoms with Crippen molar-refractivity contribution in [3.05, 3.63) is 16.7 Å². The topological polar surface area (TPSA) is 117 Å². The highest BCUT2D eigenvalue weighted by molar-refractivity contribution is 9.10. The highest BCUT2D eigenvalue weighted by atomic mass is 79.9. The smallest absolute Gasteiger partial charge is 0.404 e. The molecule has 0 saturated heterocycles. The predicted octanol–water partition coefficient (Wildman–Crippen LogP) is 1.02. The highest BCUT2D eigenvalue weighted by Crippen LogP contribution is 2.20. The van der Waals surface area contributed by atoms with E-state index in [0.29, 0.717) is 10.2 Å². The zero-order valence-corrected chi connectivity index (χ0v) is 10.3. The van der Waals surface area contributed by atoms with Gasteiger partial charge in [-0.3, -0.25) is 4.79 Å². The molecule has 0 atom stereocenters. The van der Waals surface area contributed by atoms with Gasteiger partial charge in [0.2, 0.25) is 5.91 Å². The van der Waals surface area contributed by atoms with Crippen molar-refractivity contribution in [3.8, 4) is 0 Å². The summed E-state index contributed by atoms with van der Waals surface area (Å²) in [5.41, 5.74) is 5.95. The molecule has 0 saturated carbocycles. The number of pyridine rings is 1. The summed E-state index contributed by atoms with van der Waals surface area (Å²) in [5, 5.41) is 12.9. The fourth-order valence-corrected chi connectivity index (χ4v) is 1.38. The van der Waals surface area contributed by atoms with Gasteiger partial charge in [-0.05, 0) is 22.0 Å². The maximum Gasteiger partial charge on any atom is 0.404 e. The number of nitrogens with zero attached hydrogens (tertiary/aromatic N) is 1. The summed E-state index contributed by atoms with van der Waals surface area (Å²) in [6.07, 6.45) is 0.372. The van der Waals surface area contributed by atoms with Gasteiger partial charge in [0.25, 0.3) is 0 Å². The lowest BCUT2D eigenvalue weighted by Crippen LogP contribution is -2.26. The van der Waals surface area contributed by atoms with E-state index in [4.69, 9.17) is 10.8 Å². The molecule has 0 aliphatic heterocycles. The Balaban J connectivity index is 2.50. The third kappa shape index (κ3) is 4.68. The van der Waals surface area contributed by atoms with Crippen LogP contribution in [0.5, 0.6) is 0 Å². The SMILES string of the molecule is Nc1ncc(Br)cc1NC(=O)CCNC(=O)O. The molecule has 17 heavy (non-hydrogen) atoms. The van der Waals surface area contributed by atoms with Crippen LogP contribution in [0, 0.1) is 0 Å². The Morgan fingerprint density at radius 2 is 2.24 bits per heavy atom. The molecular formula is C9H11BrN4O3. The minimum absolute atomic E-state index is 0.0260. The van der Waals surface area contributed by atoms with Crippen molar-refractivity contribution in [3.63, 3.8) is 0 Å². The van der Waals surface area contributed by atoms with Crippen LogP contribution in [-0.2, 0) is 4.79 Å². The molecule has 0 bridgehead atoms. The molecule has 1 rings (SSSR count). The van der Waals surface area contributed by atoms with E-state index in [-0.39, 0.29) is 24.7 Å². The summed E-state index contributed by atoms with van der Waals surface area (Å²) in [5.74, 6) is -0.141. The number of carboxylic acid groups (broad SMARTS) is 1. The number of amides is 2. The Morgan fingerprint density at radius 3 is 2.88 bits per heavy atom. The van der Waals surface area contributed by atoms with Crippen molar-refractivity contribution >= 4 is 39.4 Å². The minimum Gasteiger partial charge on any atom is -0.465 e. The second kappa shape index (κ2) is 6.04. The van der Waals surface area contributed by atoms with Crippen molar-refractivity contribution in [2.45, 2.75) is 6.42 Å². The molecule has 2 amide bonds. The van der Waals surface area contributed by atoms with Crippen LogP contribution < -0.4 is 16.4 Å². The van der Waals surface area contributed by atoms with Gasteiger partial charge in [-0.2, -0.15) is 0 Å². The molecule has 0 radical (unpaired) electrons. The van der Waals surface area contributed by atoms with Crippen molar-refractivity contribution in [1.82, 2.24) is 10.3 Å². The number of hydrogen-bond acceptors (Lipinski definition) is 4. The quantitative estimate of drug-likeness (QED) is 0.662. The Kier molecular flexibility index (Phi) is 4.70. The van der Waals surface area contributed by atoms with Gasteiger partial charge in [-0.25, -0.2) is 9.78 Å². The molecule has 1 heterocycles. The van der Waals surface area contributed by atoms with Crippen LogP contribution in [0.15, 0.2) is 16.7 Å². The molecule has 8 heteroatoms. The minimum atomic E-state index is -1.17. The van der Waals surface area contributed by atoms with E-state index in [2.05, 4.69) is 31.5 Å². The Labute approximate surface area is 106 Å². The molecule has 0 unspecified atom stereocenters. The van der Waals surface area contributed by atoms with E-state index in [1.807, 2.05) is 0 Å². The lowest BCUT2D eigenvalue weighted by molar-refractivity contribution is -0.116. The third-order valence-electron chi connectivity index (χ3n) is 1.79. The maximum absolute atomic E-state index is 11.4. The number of anilines is 2. The van der Waals surface area contributed by atoms with E-state index in [9.17, 15) is 9.59 Å². The fraction of sp³-hybridized carbons (Fsp3) is 0.222. The number of nitrogens with two attached hydrogens (primary N) is 1. The molecule has 1 aromatic rings. The van der Waals surface area contributed by atoms with Gasteiger partial charge >= 0.3 is 6.09 Å². The predicted molar refractivity (Wildman–Crippen MR) is 65.6 cm³/mol. The number of carbonyl (C=O) groups excluding carboxylic acids is 1. The lowest BCUT2D eigenvalue weighted by Gasteiger charge is -2.07. The second-order valence-corrected chi connectivity index (χ2v) is 4.03. The summed E-state index contributed by atoms with van der Waals surface area (Å²) in [7, 11) is 0. The first-order chi connectivity index (χ1) is 7.99. The van der Waals surface area contributed by atoms with Crippen LogP contribution in [0.1, 0.15) is 6.42 Å². The van der Waals surface area contributed by atoms with Crippen molar-refractivity contribution in [2.24, 2.45) is 0 Å². The van der Waals surface area contributed by atoms with Crippen LogP contribution in [0.3, 0.4) is 0 Å². The van der Waals surface area contributed by atoms with E-state index in [1.165, 1.54) is 6.20 Å². The van der Waals surface area contributed by atoms with Gasteiger partial charge in [0.05, 0.1) is 5.69 Å². The monoisotopic (exact) mass is 302 g/mol. The average Bonchev–Trinajstić information content (AvgIpc) is 2.23. The zero-order valence-electron chi connectivity index (χ0n) is 8.74. The molecule has 1 aromatic heterocycles. The summed E-state index contributed by atoms with van der Waals surface area (Å²) in [4.78, 5) is 25.4. The molecule has 0 aromatic carbocycles. The van der Waals surface area contributed by atoms with Crippen molar-refractivity contribution < 1.29 is 14.7 Å². The number of nitrogens with one attached hydrogen (secondary N) is 2. The van der Waals surface area contributed by atoms with Crippen LogP contribution in [0.25, 0.3) is 0 Å². The van der Waals surface area contributed by atoms with Gasteiger partial charge in [-0.15, -0.1) is 0 Å². The average molecular weight is 303 g/mol. The normalized spacial score (nSPS) is 9.71. The number of rotatable bonds is 4. The van der Waals surface area contributed by atoms with E-state index >= 15 is 0 Å². The molecule has 0 aliphatic carbocycles. The first-order valence-corrected chi connectivity index (χ1v) is 5.46. The summed E-state index contributed by atoms with van der Waals surface area (Å²) >= 11 is 3.20. The van der Waals surface area contributed by atoms with Gasteiger partial charge < -0.3 is 21.5 Å². The number of hydrogen-bond donors (Lipinski definition) is 4. The molecule has 0 fully saturated rings. The number of nitrogen functional groups attached to an aromatic ring is 1. The van der Waals surface area contributed by atoms with Crippen molar-refractivity contribution in [2.75, 3.05) is 17.6 Å². The van der Waals surface area contributed by atoms with Gasteiger partial charge in [-0.1, -0.05) is 0 Å². The lowest BCUT2D eigenvalue weighted by atomic mass is 10.3. The largest absolute Gasteiger partial charge is 0.465 e. The number of aromatic nitrogens is 1. The van der Waals surface area contributed by atoms with Crippen molar-refractivity contribution in [1.29, 1.82) is 0 Å². The van der Waals surface area contributed by atoms with Crippen LogP contribution in [-0.4, -0.2) is 28.6 Å². The standard InChI is InChI=1S/C9H11BrN4O3/c10-5-3-6(8(11)13-4-5)14-7(15)1-2-12-9(16)17/h3-4,12H,1-2H2,(H2,11,13)(H,14,15)(H,16,17). The Bertz CT molecular complexity index is 438. The first kappa shape index (κ1) is 13.2. The molecule has 5 N–H and O–H groups in total. The number of carbonyl (C=O) groups is 2. The molecule has 0 aliphatic rings. The summed E-state index contributed by atoms with van der Waals surface area (Å²) < 4.78 is 0.686. The summed E-state index contributed by atoms with van der Waals surface area (Å²) in [6.45, 7) is 0.0442. The molecular weight excluding hydrogens is 292 g/mol. The molecule has 92 valence electrons. The van der Waals surface area contributed by atoms with Crippen LogP contribution in [0.2, 0.25) is 0 Å². The Hall–Kier alpha value is -1.83. The Morgan fingerprint density at radius 1 is 1.53 bits per heavy atom. The van der Waals surface area contributed by atoms with Crippen LogP contribution >= 0.6 is 15.9 Å². The second-order valence-electron chi connectivity index (χ2n) is 3.12. The molecule has 7 nitrogen and oxygen atoms in total. The van der Waals surface area contributed by atoms with E-state index in [0.717, 1.165) is 0 Å². The number of halogens is 1. The fourth-order valence-electron chi connectivity index (χ4n) is 1.05. The summed E-state index contributed by atoms with van der Waals surface area (Å²) in [6, 6.07) is 1.62. The van der Waals surface area contributed by atoms with E-state index < -0.39 is 6.09 Å². The van der Waals surface area contributed by atoms with Crippen LogP contribution in [0.4, 0.5) is 16.3 Å². The van der Waals surface area contributed by atoms with Gasteiger partial charge in [0, 0.05) is 23.6 Å². The first-order valence-electron chi connectivity index (χ1n) is 4.66. The third-order valence-corrected chi connectivity index (χ3v) is 2.22. The zero-order chi connectivity index (χ0) is 12.8. The maximum atomic E-state index is 11.4. The van der Waals surface area contributed by atoms with Gasteiger partial charge in [0.15, 0.2) is 0 Å². The van der Waals surface area contributed by atoms with E-state index in [1.54, 1.807) is 6.07 Å². The molecule has 0 spiro atoms. The van der Waals surface area contributed by atoms with Gasteiger partial charge in [0.1, 0.15) is 5.82 Å².